The highest BCUT2D eigenvalue weighted by molar-refractivity contribution is 14.1. The zero-order chi connectivity index (χ0) is 13.1. The van der Waals surface area contributed by atoms with Crippen molar-refractivity contribution >= 4 is 52.5 Å². The molecule has 1 aliphatic rings. The minimum atomic E-state index is -0.0348. The lowest BCUT2D eigenvalue weighted by molar-refractivity contribution is 0.0925. The molecule has 2 rings (SSSR count). The normalized spacial score (nSPS) is 22.5. The van der Waals surface area contributed by atoms with Crippen molar-refractivity contribution in [3.63, 3.8) is 0 Å². The van der Waals surface area contributed by atoms with E-state index in [1.165, 1.54) is 0 Å². The van der Waals surface area contributed by atoms with Crippen LogP contribution in [0.15, 0.2) is 18.2 Å². The first kappa shape index (κ1) is 17.0. The van der Waals surface area contributed by atoms with Crippen LogP contribution in [0.25, 0.3) is 0 Å². The second kappa shape index (κ2) is 7.67. The lowest BCUT2D eigenvalue weighted by Gasteiger charge is -2.28. The molecule has 0 radical (unpaired) electrons. The largest absolute Gasteiger partial charge is 0.349 e. The van der Waals surface area contributed by atoms with E-state index in [1.807, 2.05) is 12.1 Å². The van der Waals surface area contributed by atoms with E-state index in [2.05, 4.69) is 40.1 Å². The van der Waals surface area contributed by atoms with Gasteiger partial charge in [0.15, 0.2) is 0 Å². The van der Waals surface area contributed by atoms with Gasteiger partial charge in [-0.15, -0.1) is 12.4 Å². The molecule has 1 aromatic carbocycles. The summed E-state index contributed by atoms with van der Waals surface area (Å²) >= 11 is 8.18. The second-order valence-electron chi connectivity index (χ2n) is 4.68. The van der Waals surface area contributed by atoms with Crippen LogP contribution in [0.3, 0.4) is 0 Å². The molecule has 3 nitrogen and oxygen atoms in total. The molecule has 1 heterocycles. The number of halogens is 3. The Hall–Kier alpha value is -0.0400. The smallest absolute Gasteiger partial charge is 0.251 e. The molecule has 1 saturated heterocycles. The van der Waals surface area contributed by atoms with Gasteiger partial charge in [-0.05, 0) is 67.1 Å². The minimum absolute atomic E-state index is 0. The summed E-state index contributed by atoms with van der Waals surface area (Å²) in [6.07, 6.45) is 1.96. The molecule has 1 amide bonds. The fourth-order valence-corrected chi connectivity index (χ4v) is 2.69. The van der Waals surface area contributed by atoms with Gasteiger partial charge in [-0.2, -0.15) is 0 Å². The minimum Gasteiger partial charge on any atom is -0.349 e. The Morgan fingerprint density at radius 1 is 1.53 bits per heavy atom. The van der Waals surface area contributed by atoms with Gasteiger partial charge in [0.1, 0.15) is 0 Å². The van der Waals surface area contributed by atoms with Crippen molar-refractivity contribution in [2.45, 2.75) is 31.8 Å². The third kappa shape index (κ3) is 4.77. The maximum absolute atomic E-state index is 12.1. The number of benzene rings is 1. The van der Waals surface area contributed by atoms with Crippen molar-refractivity contribution in [1.82, 2.24) is 10.6 Å². The Bertz CT molecular complexity index is 456. The fourth-order valence-electron chi connectivity index (χ4n) is 2.17. The van der Waals surface area contributed by atoms with Crippen molar-refractivity contribution in [3.8, 4) is 0 Å². The highest BCUT2D eigenvalue weighted by atomic mass is 127. The number of amides is 1. The van der Waals surface area contributed by atoms with Crippen LogP contribution in [0.5, 0.6) is 0 Å². The van der Waals surface area contributed by atoms with Crippen LogP contribution in [-0.2, 0) is 0 Å². The summed E-state index contributed by atoms with van der Waals surface area (Å²) in [7, 11) is 0. The van der Waals surface area contributed by atoms with Gasteiger partial charge in [-0.3, -0.25) is 4.79 Å². The molecule has 0 bridgehead atoms. The molecule has 6 heteroatoms. The van der Waals surface area contributed by atoms with Crippen LogP contribution in [0, 0.1) is 3.57 Å². The van der Waals surface area contributed by atoms with Crippen molar-refractivity contribution < 1.29 is 4.79 Å². The van der Waals surface area contributed by atoms with Crippen molar-refractivity contribution in [1.29, 1.82) is 0 Å². The van der Waals surface area contributed by atoms with Crippen LogP contribution in [0.4, 0.5) is 0 Å². The topological polar surface area (TPSA) is 41.1 Å². The molecule has 1 aromatic rings. The van der Waals surface area contributed by atoms with E-state index in [1.54, 1.807) is 6.07 Å². The second-order valence-corrected chi connectivity index (χ2v) is 6.25. The standard InChI is InChI=1S/C13H16ClIN2O.ClH/c1-8-6-10(4-5-16-8)17-13(18)9-2-3-12(15)11(14)7-9;/h2-3,7-8,10,16H,4-6H2,1H3,(H,17,18);1H. The first-order valence-electron chi connectivity index (χ1n) is 6.05. The number of carbonyl (C=O) groups excluding carboxylic acids is 1. The van der Waals surface area contributed by atoms with Gasteiger partial charge in [-0.1, -0.05) is 11.6 Å². The molecule has 2 N–H and O–H groups in total. The van der Waals surface area contributed by atoms with E-state index >= 15 is 0 Å². The molecule has 1 fully saturated rings. The van der Waals surface area contributed by atoms with E-state index in [-0.39, 0.29) is 24.4 Å². The van der Waals surface area contributed by atoms with Gasteiger partial charge in [-0.25, -0.2) is 0 Å². The highest BCUT2D eigenvalue weighted by Crippen LogP contribution is 2.20. The van der Waals surface area contributed by atoms with Crippen LogP contribution >= 0.6 is 46.6 Å². The maximum Gasteiger partial charge on any atom is 0.251 e. The maximum atomic E-state index is 12.1. The molecular formula is C13H17Cl2IN2O. The summed E-state index contributed by atoms with van der Waals surface area (Å²) in [6, 6.07) is 6.12. The van der Waals surface area contributed by atoms with E-state index in [4.69, 9.17) is 11.6 Å². The molecular weight excluding hydrogens is 398 g/mol. The summed E-state index contributed by atoms with van der Waals surface area (Å²) in [6.45, 7) is 3.10. The summed E-state index contributed by atoms with van der Waals surface area (Å²) in [5.74, 6) is -0.0348. The van der Waals surface area contributed by atoms with Crippen molar-refractivity contribution in [3.05, 3.63) is 32.4 Å². The molecule has 19 heavy (non-hydrogen) atoms. The molecule has 1 aliphatic heterocycles. The zero-order valence-electron chi connectivity index (χ0n) is 10.6. The number of nitrogens with one attached hydrogen (secondary N) is 2. The number of rotatable bonds is 2. The first-order valence-corrected chi connectivity index (χ1v) is 7.51. The Balaban J connectivity index is 0.00000180. The number of hydrogen-bond acceptors (Lipinski definition) is 2. The Morgan fingerprint density at radius 3 is 2.89 bits per heavy atom. The predicted molar refractivity (Wildman–Crippen MR) is 89.4 cm³/mol. The van der Waals surface area contributed by atoms with E-state index in [0.717, 1.165) is 23.0 Å². The van der Waals surface area contributed by atoms with Crippen LogP contribution in [0.2, 0.25) is 5.02 Å². The van der Waals surface area contributed by atoms with Crippen molar-refractivity contribution in [2.24, 2.45) is 0 Å². The van der Waals surface area contributed by atoms with Gasteiger partial charge in [0.2, 0.25) is 0 Å². The lowest BCUT2D eigenvalue weighted by atomic mass is 10.0. The number of carbonyl (C=O) groups is 1. The molecule has 106 valence electrons. The SMILES string of the molecule is CC1CC(NC(=O)c2ccc(I)c(Cl)c2)CCN1.Cl. The van der Waals surface area contributed by atoms with Gasteiger partial charge >= 0.3 is 0 Å². The first-order chi connectivity index (χ1) is 8.56. The van der Waals surface area contributed by atoms with Gasteiger partial charge < -0.3 is 10.6 Å². The lowest BCUT2D eigenvalue weighted by Crippen LogP contribution is -2.46. The third-order valence-corrected chi connectivity index (χ3v) is 4.71. The Morgan fingerprint density at radius 2 is 2.26 bits per heavy atom. The number of hydrogen-bond donors (Lipinski definition) is 2. The molecule has 2 atom stereocenters. The summed E-state index contributed by atoms with van der Waals surface area (Å²) in [4.78, 5) is 12.1. The van der Waals surface area contributed by atoms with Gasteiger partial charge in [0.25, 0.3) is 5.91 Å². The molecule has 0 aliphatic carbocycles. The van der Waals surface area contributed by atoms with Gasteiger partial charge in [0.05, 0.1) is 5.02 Å². The van der Waals surface area contributed by atoms with Crippen LogP contribution < -0.4 is 10.6 Å². The predicted octanol–water partition coefficient (Wildman–Crippen LogP) is 3.24. The third-order valence-electron chi connectivity index (χ3n) is 3.14. The Labute approximate surface area is 138 Å². The van der Waals surface area contributed by atoms with Crippen LogP contribution in [0.1, 0.15) is 30.1 Å². The van der Waals surface area contributed by atoms with E-state index in [9.17, 15) is 4.79 Å². The quantitative estimate of drug-likeness (QED) is 0.729. The van der Waals surface area contributed by atoms with Crippen molar-refractivity contribution in [2.75, 3.05) is 6.54 Å². The Kier molecular flexibility index (Phi) is 6.86. The van der Waals surface area contributed by atoms with E-state index < -0.39 is 0 Å². The molecule has 0 aromatic heterocycles. The molecule has 0 spiro atoms. The van der Waals surface area contributed by atoms with Crippen LogP contribution in [-0.4, -0.2) is 24.5 Å². The summed E-state index contributed by atoms with van der Waals surface area (Å²) in [5.41, 5.74) is 0.631. The molecule has 2 unspecified atom stereocenters. The molecule has 0 saturated carbocycles. The average molecular weight is 415 g/mol. The van der Waals surface area contributed by atoms with E-state index in [0.29, 0.717) is 16.6 Å². The summed E-state index contributed by atoms with van der Waals surface area (Å²) < 4.78 is 0.960. The average Bonchev–Trinajstić information content (AvgIpc) is 2.32. The van der Waals surface area contributed by atoms with Gasteiger partial charge in [0, 0.05) is 21.2 Å². The summed E-state index contributed by atoms with van der Waals surface area (Å²) in [5, 5.41) is 7.07. The number of piperidine rings is 1. The zero-order valence-corrected chi connectivity index (χ0v) is 14.3. The monoisotopic (exact) mass is 414 g/mol. The fraction of sp³-hybridized carbons (Fsp3) is 0.462. The highest BCUT2D eigenvalue weighted by Gasteiger charge is 2.20.